The predicted octanol–water partition coefficient (Wildman–Crippen LogP) is 5.28. The highest BCUT2D eigenvalue weighted by atomic mass is 16.5. The van der Waals surface area contributed by atoms with Crippen LogP contribution in [0.2, 0.25) is 0 Å². The van der Waals surface area contributed by atoms with Gasteiger partial charge in [0.05, 0.1) is 12.0 Å². The first-order valence-electron chi connectivity index (χ1n) is 13.3. The van der Waals surface area contributed by atoms with E-state index in [9.17, 15) is 9.59 Å². The highest BCUT2D eigenvalue weighted by Gasteiger charge is 2.22. The van der Waals surface area contributed by atoms with Gasteiger partial charge in [0.2, 0.25) is 0 Å². The van der Waals surface area contributed by atoms with Crippen LogP contribution in [0.1, 0.15) is 110 Å². The molecule has 0 radical (unpaired) electrons. The van der Waals surface area contributed by atoms with Crippen LogP contribution >= 0.6 is 0 Å². The van der Waals surface area contributed by atoms with Gasteiger partial charge in [0.25, 0.3) is 5.56 Å². The molecule has 1 atom stereocenters. The molecule has 0 bridgehead atoms. The van der Waals surface area contributed by atoms with Gasteiger partial charge < -0.3 is 14.5 Å². The van der Waals surface area contributed by atoms with Crippen LogP contribution in [0.25, 0.3) is 11.2 Å². The molecule has 198 valence electrons. The third-order valence-corrected chi connectivity index (χ3v) is 6.66. The number of aryl methyl sites for hydroxylation is 2. The first-order valence-corrected chi connectivity index (χ1v) is 13.3. The van der Waals surface area contributed by atoms with Crippen LogP contribution in [0.4, 0.5) is 0 Å². The molecule has 0 amide bonds. The molecular formula is C26H45N5O4. The Labute approximate surface area is 208 Å². The number of unbranched alkanes of at least 4 members (excludes halogenated alkanes) is 10. The van der Waals surface area contributed by atoms with Crippen molar-refractivity contribution in [3.63, 3.8) is 0 Å². The summed E-state index contributed by atoms with van der Waals surface area (Å²) < 4.78 is 10.6. The number of hydrogen-bond donors (Lipinski definition) is 1. The fourth-order valence-corrected chi connectivity index (χ4v) is 4.46. The SMILES string of the molecule is CCCCCCCCOC(CCCCCCCCC(C)=NO)n1c(=O)c2c(ncn2C)n(C)c1=O. The van der Waals surface area contributed by atoms with Crippen molar-refractivity contribution in [3.05, 3.63) is 27.2 Å². The number of nitrogens with zero attached hydrogens (tertiary/aromatic N) is 5. The van der Waals surface area contributed by atoms with E-state index in [1.54, 1.807) is 25.0 Å². The molecule has 35 heavy (non-hydrogen) atoms. The topological polar surface area (TPSA) is 104 Å². The van der Waals surface area contributed by atoms with Gasteiger partial charge in [-0.2, -0.15) is 0 Å². The number of ether oxygens (including phenoxy) is 1. The summed E-state index contributed by atoms with van der Waals surface area (Å²) in [6.07, 6.45) is 15.6. The largest absolute Gasteiger partial charge is 0.411 e. The number of aromatic nitrogens is 4. The lowest BCUT2D eigenvalue weighted by Crippen LogP contribution is -2.42. The second-order valence-electron chi connectivity index (χ2n) is 9.63. The number of rotatable bonds is 18. The summed E-state index contributed by atoms with van der Waals surface area (Å²) in [7, 11) is 3.42. The van der Waals surface area contributed by atoms with E-state index in [1.165, 1.54) is 34.8 Å². The molecule has 0 fully saturated rings. The second-order valence-corrected chi connectivity index (χ2v) is 9.63. The van der Waals surface area contributed by atoms with Gasteiger partial charge in [-0.25, -0.2) is 14.3 Å². The molecule has 2 aromatic heterocycles. The van der Waals surface area contributed by atoms with E-state index in [0.29, 0.717) is 24.2 Å². The van der Waals surface area contributed by atoms with Crippen molar-refractivity contribution in [2.24, 2.45) is 19.3 Å². The highest BCUT2D eigenvalue weighted by Crippen LogP contribution is 2.18. The van der Waals surface area contributed by atoms with E-state index in [2.05, 4.69) is 17.1 Å². The smallest absolute Gasteiger partial charge is 0.334 e. The van der Waals surface area contributed by atoms with Crippen molar-refractivity contribution in [3.8, 4) is 0 Å². The lowest BCUT2D eigenvalue weighted by Gasteiger charge is -2.21. The third kappa shape index (κ3) is 8.63. The molecule has 9 heteroatoms. The molecule has 0 saturated heterocycles. The molecule has 0 aliphatic rings. The van der Waals surface area contributed by atoms with Crippen LogP contribution in [0.5, 0.6) is 0 Å². The van der Waals surface area contributed by atoms with Crippen LogP contribution < -0.4 is 11.2 Å². The molecule has 2 heterocycles. The van der Waals surface area contributed by atoms with Gasteiger partial charge in [-0.05, 0) is 39.0 Å². The van der Waals surface area contributed by atoms with E-state index in [-0.39, 0.29) is 11.2 Å². The number of fused-ring (bicyclic) bond motifs is 1. The van der Waals surface area contributed by atoms with E-state index in [4.69, 9.17) is 9.94 Å². The van der Waals surface area contributed by atoms with Gasteiger partial charge >= 0.3 is 5.69 Å². The lowest BCUT2D eigenvalue weighted by molar-refractivity contribution is -0.0126. The minimum atomic E-state index is -0.570. The molecular weight excluding hydrogens is 446 g/mol. The first-order chi connectivity index (χ1) is 16.9. The number of oxime groups is 1. The van der Waals surface area contributed by atoms with E-state index in [0.717, 1.165) is 63.5 Å². The Morgan fingerprint density at radius 3 is 2.31 bits per heavy atom. The minimum absolute atomic E-state index is 0.336. The third-order valence-electron chi connectivity index (χ3n) is 6.66. The Morgan fingerprint density at radius 2 is 1.63 bits per heavy atom. The standard InChI is InChI=1S/C26H45N5O4/c1-5-6-7-8-13-16-19-35-22(18-15-12-10-9-11-14-17-21(2)28-34)31-25(32)23-24(27-20-29(23)3)30(4)26(31)33/h20,22,34H,5-19H2,1-4H3. The maximum absolute atomic E-state index is 13.3. The normalized spacial score (nSPS) is 13.1. The summed E-state index contributed by atoms with van der Waals surface area (Å²) in [6.45, 7) is 4.58. The van der Waals surface area contributed by atoms with E-state index < -0.39 is 6.23 Å². The highest BCUT2D eigenvalue weighted by molar-refractivity contribution is 5.81. The fourth-order valence-electron chi connectivity index (χ4n) is 4.46. The zero-order chi connectivity index (χ0) is 25.6. The fraction of sp³-hybridized carbons (Fsp3) is 0.769. The summed E-state index contributed by atoms with van der Waals surface area (Å²) in [4.78, 5) is 30.6. The molecule has 9 nitrogen and oxygen atoms in total. The molecule has 2 aromatic rings. The number of hydrogen-bond acceptors (Lipinski definition) is 6. The summed E-state index contributed by atoms with van der Waals surface area (Å²) >= 11 is 0. The van der Waals surface area contributed by atoms with E-state index in [1.807, 2.05) is 6.92 Å². The monoisotopic (exact) mass is 491 g/mol. The average Bonchev–Trinajstić information content (AvgIpc) is 3.24. The van der Waals surface area contributed by atoms with Crippen molar-refractivity contribution in [2.45, 2.75) is 110 Å². The van der Waals surface area contributed by atoms with Gasteiger partial charge in [-0.3, -0.25) is 9.36 Å². The number of imidazole rings is 1. The van der Waals surface area contributed by atoms with Crippen molar-refractivity contribution in [1.29, 1.82) is 0 Å². The van der Waals surface area contributed by atoms with Crippen LogP contribution in [-0.2, 0) is 18.8 Å². The van der Waals surface area contributed by atoms with Gasteiger partial charge in [0.15, 0.2) is 11.2 Å². The Balaban J connectivity index is 2.00. The maximum atomic E-state index is 13.3. The Hall–Kier alpha value is -2.42. The first kappa shape index (κ1) is 28.8. The van der Waals surface area contributed by atoms with E-state index >= 15 is 0 Å². The van der Waals surface area contributed by atoms with Crippen LogP contribution in [0, 0.1) is 0 Å². The Morgan fingerprint density at radius 1 is 1.00 bits per heavy atom. The summed E-state index contributed by atoms with van der Waals surface area (Å²) in [5.74, 6) is 0. The zero-order valence-electron chi connectivity index (χ0n) is 22.2. The van der Waals surface area contributed by atoms with Gasteiger partial charge in [-0.1, -0.05) is 69.9 Å². The quantitative estimate of drug-likeness (QED) is 0.132. The minimum Gasteiger partial charge on any atom is -0.411 e. The summed E-state index contributed by atoms with van der Waals surface area (Å²) in [6, 6.07) is 0. The Kier molecular flexibility index (Phi) is 12.8. The molecule has 0 spiro atoms. The van der Waals surface area contributed by atoms with Crippen molar-refractivity contribution >= 4 is 16.9 Å². The maximum Gasteiger partial charge on any atom is 0.334 e. The molecule has 0 aliphatic heterocycles. The van der Waals surface area contributed by atoms with Crippen LogP contribution in [0.15, 0.2) is 21.1 Å². The molecule has 1 N–H and O–H groups in total. The van der Waals surface area contributed by atoms with Crippen molar-refractivity contribution < 1.29 is 9.94 Å². The second kappa shape index (κ2) is 15.5. The summed E-state index contributed by atoms with van der Waals surface area (Å²) in [5, 5.41) is 11.9. The molecule has 0 saturated carbocycles. The molecule has 2 rings (SSSR count). The predicted molar refractivity (Wildman–Crippen MR) is 140 cm³/mol. The summed E-state index contributed by atoms with van der Waals surface area (Å²) in [5.41, 5.74) is 0.872. The zero-order valence-corrected chi connectivity index (χ0v) is 22.2. The molecule has 1 unspecified atom stereocenters. The molecule has 0 aliphatic carbocycles. The molecule has 0 aromatic carbocycles. The Bertz CT molecular complexity index is 1040. The van der Waals surface area contributed by atoms with Gasteiger partial charge in [-0.15, -0.1) is 0 Å². The average molecular weight is 492 g/mol. The van der Waals surface area contributed by atoms with Crippen LogP contribution in [-0.4, -0.2) is 36.2 Å². The van der Waals surface area contributed by atoms with Crippen molar-refractivity contribution in [2.75, 3.05) is 6.61 Å². The van der Waals surface area contributed by atoms with Gasteiger partial charge in [0, 0.05) is 20.7 Å². The van der Waals surface area contributed by atoms with Gasteiger partial charge in [0.1, 0.15) is 6.23 Å². The van der Waals surface area contributed by atoms with Crippen LogP contribution in [0.3, 0.4) is 0 Å². The van der Waals surface area contributed by atoms with Crippen molar-refractivity contribution in [1.82, 2.24) is 18.7 Å². The lowest BCUT2D eigenvalue weighted by atomic mass is 10.1.